The molecule has 0 aliphatic heterocycles. The molecular weight excluding hydrogens is 288 g/mol. The predicted octanol–water partition coefficient (Wildman–Crippen LogP) is 3.88. The molecule has 3 heteroatoms. The van der Waals surface area contributed by atoms with Crippen molar-refractivity contribution in [2.75, 3.05) is 0 Å². The van der Waals surface area contributed by atoms with E-state index in [0.29, 0.717) is 5.75 Å². The van der Waals surface area contributed by atoms with E-state index in [1.165, 1.54) is 0 Å². The smallest absolute Gasteiger partial charge is 0.144 e. The van der Waals surface area contributed by atoms with Crippen molar-refractivity contribution in [3.8, 4) is 47.7 Å². The molecule has 0 aliphatic carbocycles. The van der Waals surface area contributed by atoms with Gasteiger partial charge in [0.2, 0.25) is 0 Å². The molecule has 1 aromatic heterocycles. The highest BCUT2D eigenvalue weighted by molar-refractivity contribution is 6.06. The second kappa shape index (κ2) is 5.72. The molecule has 1 N–H and O–H groups in total. The molecule has 0 fully saturated rings. The molecule has 0 unspecified atom stereocenters. The molecule has 0 aliphatic rings. The fourth-order valence-electron chi connectivity index (χ4n) is 2.32. The maximum absolute atomic E-state index is 9.92. The summed E-state index contributed by atoms with van der Waals surface area (Å²) in [4.78, 5) is 0. The normalized spacial score (nSPS) is 9.61. The Labute approximate surface area is 133 Å². The third kappa shape index (κ3) is 2.67. The molecule has 3 aromatic rings. The summed E-state index contributed by atoms with van der Waals surface area (Å²) in [6.07, 6.45) is 7.51. The predicted molar refractivity (Wildman–Crippen MR) is 89.9 cm³/mol. The highest BCUT2D eigenvalue weighted by Crippen LogP contribution is 2.36. The number of terminal acetylenes is 1. The fraction of sp³-hybridized carbons (Fsp3) is 0.100. The standard InChI is InChI=1S/C20H12O3/c1-4-5-6-7-8-22-18-12-16-15-11-17(21)13(2)9-19(15)23-20(16)10-14(18)3/h1,9-12,21H,2-3H3. The van der Waals surface area contributed by atoms with Crippen LogP contribution in [0.1, 0.15) is 11.1 Å². The maximum Gasteiger partial charge on any atom is 0.144 e. The molecule has 110 valence electrons. The second-order valence-electron chi connectivity index (χ2n) is 5.07. The van der Waals surface area contributed by atoms with Crippen LogP contribution in [0.3, 0.4) is 0 Å². The molecule has 3 rings (SSSR count). The highest BCUT2D eigenvalue weighted by Gasteiger charge is 2.12. The number of hydrogen-bond acceptors (Lipinski definition) is 3. The van der Waals surface area contributed by atoms with Crippen molar-refractivity contribution in [2.45, 2.75) is 13.8 Å². The van der Waals surface area contributed by atoms with Gasteiger partial charge in [0.05, 0.1) is 0 Å². The monoisotopic (exact) mass is 300 g/mol. The van der Waals surface area contributed by atoms with Crippen LogP contribution in [0.5, 0.6) is 11.5 Å². The van der Waals surface area contributed by atoms with Crippen LogP contribution < -0.4 is 4.74 Å². The van der Waals surface area contributed by atoms with Gasteiger partial charge in [0, 0.05) is 22.6 Å². The number of aromatic hydroxyl groups is 1. The molecular formula is C20H12O3. The zero-order valence-electron chi connectivity index (χ0n) is 12.7. The molecule has 2 aromatic carbocycles. The first-order valence-corrected chi connectivity index (χ1v) is 6.89. The van der Waals surface area contributed by atoms with Crippen molar-refractivity contribution in [2.24, 2.45) is 0 Å². The zero-order valence-corrected chi connectivity index (χ0v) is 12.7. The Morgan fingerprint density at radius 1 is 0.957 bits per heavy atom. The van der Waals surface area contributed by atoms with E-state index in [0.717, 1.165) is 33.1 Å². The SMILES string of the molecule is C#CC#CC#COc1cc2c(cc1C)oc1cc(C)c(O)cc12. The minimum atomic E-state index is 0.229. The van der Waals surface area contributed by atoms with Crippen molar-refractivity contribution < 1.29 is 14.3 Å². The van der Waals surface area contributed by atoms with Gasteiger partial charge in [-0.2, -0.15) is 0 Å². The summed E-state index contributed by atoms with van der Waals surface area (Å²) in [5.41, 5.74) is 3.10. The number of ether oxygens (including phenoxy) is 1. The Balaban J connectivity index is 2.11. The van der Waals surface area contributed by atoms with E-state index in [-0.39, 0.29) is 5.75 Å². The number of phenolic OH excluding ortho intramolecular Hbond substituents is 1. The highest BCUT2D eigenvalue weighted by atomic mass is 16.5. The van der Waals surface area contributed by atoms with Gasteiger partial charge >= 0.3 is 0 Å². The van der Waals surface area contributed by atoms with Crippen LogP contribution >= 0.6 is 0 Å². The minimum absolute atomic E-state index is 0.229. The van der Waals surface area contributed by atoms with E-state index in [1.807, 2.05) is 32.0 Å². The van der Waals surface area contributed by atoms with Gasteiger partial charge in [0.25, 0.3) is 0 Å². The van der Waals surface area contributed by atoms with Crippen molar-refractivity contribution in [3.05, 3.63) is 35.4 Å². The Morgan fingerprint density at radius 2 is 1.65 bits per heavy atom. The number of rotatable bonds is 1. The molecule has 0 atom stereocenters. The number of phenols is 1. The van der Waals surface area contributed by atoms with Crippen molar-refractivity contribution in [3.63, 3.8) is 0 Å². The van der Waals surface area contributed by atoms with Gasteiger partial charge in [0.1, 0.15) is 28.8 Å². The zero-order chi connectivity index (χ0) is 16.4. The van der Waals surface area contributed by atoms with E-state index >= 15 is 0 Å². The number of furan rings is 1. The maximum atomic E-state index is 9.92. The first-order chi connectivity index (χ1) is 11.1. The van der Waals surface area contributed by atoms with Crippen LogP contribution in [0.2, 0.25) is 0 Å². The van der Waals surface area contributed by atoms with Gasteiger partial charge in [-0.05, 0) is 61.1 Å². The van der Waals surface area contributed by atoms with E-state index in [1.54, 1.807) is 6.07 Å². The lowest BCUT2D eigenvalue weighted by Crippen LogP contribution is -1.86. The molecule has 0 radical (unpaired) electrons. The summed E-state index contributed by atoms with van der Waals surface area (Å²) in [6, 6.07) is 7.23. The number of aryl methyl sites for hydroxylation is 2. The fourth-order valence-corrected chi connectivity index (χ4v) is 2.32. The van der Waals surface area contributed by atoms with E-state index in [4.69, 9.17) is 15.6 Å². The van der Waals surface area contributed by atoms with E-state index < -0.39 is 0 Å². The molecule has 23 heavy (non-hydrogen) atoms. The van der Waals surface area contributed by atoms with E-state index in [9.17, 15) is 5.11 Å². The Morgan fingerprint density at radius 3 is 2.39 bits per heavy atom. The van der Waals surface area contributed by atoms with Crippen molar-refractivity contribution in [1.29, 1.82) is 0 Å². The Bertz CT molecular complexity index is 1090. The molecule has 0 amide bonds. The number of fused-ring (bicyclic) bond motifs is 3. The molecule has 0 spiro atoms. The first-order valence-electron chi connectivity index (χ1n) is 6.89. The summed E-state index contributed by atoms with van der Waals surface area (Å²) in [6.45, 7) is 3.73. The van der Waals surface area contributed by atoms with Crippen LogP contribution in [-0.4, -0.2) is 5.11 Å². The van der Waals surface area contributed by atoms with Gasteiger partial charge in [-0.3, -0.25) is 0 Å². The van der Waals surface area contributed by atoms with Crippen LogP contribution in [0.15, 0.2) is 28.7 Å². The van der Waals surface area contributed by atoms with Crippen LogP contribution in [-0.2, 0) is 0 Å². The lowest BCUT2D eigenvalue weighted by Gasteiger charge is -2.02. The summed E-state index contributed by atoms with van der Waals surface area (Å²) >= 11 is 0. The van der Waals surface area contributed by atoms with Crippen molar-refractivity contribution in [1.82, 2.24) is 0 Å². The van der Waals surface area contributed by atoms with Crippen molar-refractivity contribution >= 4 is 21.9 Å². The minimum Gasteiger partial charge on any atom is -0.508 e. The first kappa shape index (κ1) is 14.5. The average molecular weight is 300 g/mol. The number of benzene rings is 2. The third-order valence-electron chi connectivity index (χ3n) is 3.49. The summed E-state index contributed by atoms with van der Waals surface area (Å²) < 4.78 is 11.3. The summed E-state index contributed by atoms with van der Waals surface area (Å²) in [5.74, 6) is 10.4. The van der Waals surface area contributed by atoms with Crippen LogP contribution in [0.4, 0.5) is 0 Å². The van der Waals surface area contributed by atoms with Gasteiger partial charge < -0.3 is 14.3 Å². The van der Waals surface area contributed by atoms with Gasteiger partial charge in [-0.25, -0.2) is 0 Å². The largest absolute Gasteiger partial charge is 0.508 e. The van der Waals surface area contributed by atoms with Gasteiger partial charge in [-0.1, -0.05) is 0 Å². The Hall–Kier alpha value is -3.48. The van der Waals surface area contributed by atoms with Gasteiger partial charge in [0.15, 0.2) is 0 Å². The number of hydrogen-bond donors (Lipinski definition) is 1. The molecule has 0 saturated heterocycles. The molecule has 3 nitrogen and oxygen atoms in total. The van der Waals surface area contributed by atoms with Crippen LogP contribution in [0, 0.1) is 50.1 Å². The lowest BCUT2D eigenvalue weighted by molar-refractivity contribution is 0.471. The van der Waals surface area contributed by atoms with E-state index in [2.05, 4.69) is 29.8 Å². The summed E-state index contributed by atoms with van der Waals surface area (Å²) in [7, 11) is 0. The van der Waals surface area contributed by atoms with Crippen LogP contribution in [0.25, 0.3) is 21.9 Å². The second-order valence-corrected chi connectivity index (χ2v) is 5.07. The molecule has 1 heterocycles. The topological polar surface area (TPSA) is 42.6 Å². The Kier molecular flexibility index (Phi) is 3.60. The summed E-state index contributed by atoms with van der Waals surface area (Å²) in [5, 5.41) is 11.6. The average Bonchev–Trinajstić information content (AvgIpc) is 2.84. The molecule has 0 saturated carbocycles. The third-order valence-corrected chi connectivity index (χ3v) is 3.49. The van der Waals surface area contributed by atoms with Gasteiger partial charge in [-0.15, -0.1) is 6.42 Å². The quantitative estimate of drug-likeness (QED) is 0.693. The molecule has 0 bridgehead atoms. The lowest BCUT2D eigenvalue weighted by atomic mass is 10.1.